The van der Waals surface area contributed by atoms with E-state index in [2.05, 4.69) is 13.8 Å². The highest BCUT2D eigenvalue weighted by Gasteiger charge is 1.95. The summed E-state index contributed by atoms with van der Waals surface area (Å²) >= 11 is 0. The molecule has 2 nitrogen and oxygen atoms in total. The van der Waals surface area contributed by atoms with Gasteiger partial charge in [-0.3, -0.25) is 0 Å². The molecule has 0 spiro atoms. The van der Waals surface area contributed by atoms with Crippen LogP contribution >= 0.6 is 0 Å². The first-order valence-electron chi connectivity index (χ1n) is 3.21. The Balaban J connectivity index is 2.96. The summed E-state index contributed by atoms with van der Waals surface area (Å²) in [7, 11) is 0. The zero-order chi connectivity index (χ0) is 7.11. The molecule has 0 amide bonds. The van der Waals surface area contributed by atoms with Crippen LogP contribution in [0.4, 0.5) is 0 Å². The highest BCUT2D eigenvalue weighted by molar-refractivity contribution is 5.56. The maximum atomic E-state index is 9.91. The highest BCUT2D eigenvalue weighted by atomic mass is 16.5. The lowest BCUT2D eigenvalue weighted by Gasteiger charge is -2.03. The molecule has 1 radical (unpaired) electrons. The Bertz CT molecular complexity index is 71.3. The largest absolute Gasteiger partial charge is 0.371 e. The van der Waals surface area contributed by atoms with Gasteiger partial charge in [0, 0.05) is 6.61 Å². The first-order chi connectivity index (χ1) is 4.31. The normalized spacial score (nSPS) is 13.1. The van der Waals surface area contributed by atoms with Crippen molar-refractivity contribution in [2.75, 3.05) is 6.61 Å². The molecule has 0 aromatic heterocycles. The molecule has 53 valence electrons. The summed E-state index contributed by atoms with van der Waals surface area (Å²) in [5, 5.41) is 0. The molecule has 0 rings (SSSR count). The van der Waals surface area contributed by atoms with E-state index in [1.165, 1.54) is 0 Å². The van der Waals surface area contributed by atoms with E-state index in [0.29, 0.717) is 12.9 Å². The van der Waals surface area contributed by atoms with E-state index in [1.807, 2.05) is 0 Å². The Morgan fingerprint density at radius 3 is 2.89 bits per heavy atom. The molecule has 2 heteroatoms. The number of hydrogen-bond acceptors (Lipinski definition) is 2. The van der Waals surface area contributed by atoms with Gasteiger partial charge in [-0.25, -0.2) is 0 Å². The first kappa shape index (κ1) is 8.63. The number of rotatable bonds is 5. The quantitative estimate of drug-likeness (QED) is 0.412. The van der Waals surface area contributed by atoms with Crippen LogP contribution in [-0.4, -0.2) is 19.0 Å². The minimum Gasteiger partial charge on any atom is -0.371 e. The molecule has 9 heavy (non-hydrogen) atoms. The predicted octanol–water partition coefficient (Wildman–Crippen LogP) is 1.20. The molecule has 1 atom stereocenters. The van der Waals surface area contributed by atoms with Gasteiger partial charge in [-0.2, -0.15) is 0 Å². The van der Waals surface area contributed by atoms with Crippen molar-refractivity contribution in [3.05, 3.63) is 6.92 Å². The molecule has 0 aromatic rings. The van der Waals surface area contributed by atoms with Gasteiger partial charge in [-0.05, 0) is 13.3 Å². The standard InChI is InChI=1S/C7H13O2/c1-3-4-5-9-7(2)6-8/h6-7H,2-5H2,1H3. The topological polar surface area (TPSA) is 26.3 Å². The van der Waals surface area contributed by atoms with Crippen molar-refractivity contribution in [3.8, 4) is 0 Å². The molecule has 0 bridgehead atoms. The second-order valence-corrected chi connectivity index (χ2v) is 1.90. The average Bonchev–Trinajstić information content (AvgIpc) is 1.89. The number of carbonyl (C=O) groups excluding carboxylic acids is 1. The fourth-order valence-electron chi connectivity index (χ4n) is 0.418. The van der Waals surface area contributed by atoms with Crippen LogP contribution in [0.2, 0.25) is 0 Å². The molecule has 0 saturated heterocycles. The van der Waals surface area contributed by atoms with Gasteiger partial charge in [-0.1, -0.05) is 13.3 Å². The Hall–Kier alpha value is -0.370. The van der Waals surface area contributed by atoms with Crippen LogP contribution < -0.4 is 0 Å². The van der Waals surface area contributed by atoms with E-state index < -0.39 is 6.10 Å². The summed E-state index contributed by atoms with van der Waals surface area (Å²) in [6, 6.07) is 0. The van der Waals surface area contributed by atoms with Gasteiger partial charge in [0.25, 0.3) is 0 Å². The molecule has 0 aliphatic heterocycles. The summed E-state index contributed by atoms with van der Waals surface area (Å²) in [5.74, 6) is 0. The Morgan fingerprint density at radius 2 is 2.44 bits per heavy atom. The lowest BCUT2D eigenvalue weighted by atomic mass is 10.3. The molecule has 0 aliphatic rings. The summed E-state index contributed by atoms with van der Waals surface area (Å²) in [6.07, 6.45) is 2.32. The fraction of sp³-hybridized carbons (Fsp3) is 0.714. The Labute approximate surface area is 56.2 Å². The van der Waals surface area contributed by atoms with E-state index in [9.17, 15) is 4.79 Å². The summed E-state index contributed by atoms with van der Waals surface area (Å²) in [6.45, 7) is 6.15. The van der Waals surface area contributed by atoms with Crippen LogP contribution in [-0.2, 0) is 9.53 Å². The molecule has 0 saturated carbocycles. The predicted molar refractivity (Wildman–Crippen MR) is 36.1 cm³/mol. The molecule has 0 heterocycles. The van der Waals surface area contributed by atoms with Gasteiger partial charge in [0.2, 0.25) is 0 Å². The molecule has 0 N–H and O–H groups in total. The fourth-order valence-corrected chi connectivity index (χ4v) is 0.418. The molecule has 0 fully saturated rings. The van der Waals surface area contributed by atoms with Crippen LogP contribution in [0, 0.1) is 6.92 Å². The van der Waals surface area contributed by atoms with Gasteiger partial charge >= 0.3 is 0 Å². The summed E-state index contributed by atoms with van der Waals surface area (Å²) in [4.78, 5) is 9.91. The van der Waals surface area contributed by atoms with Crippen LogP contribution in [0.25, 0.3) is 0 Å². The highest BCUT2D eigenvalue weighted by Crippen LogP contribution is 1.90. The maximum absolute atomic E-state index is 9.91. The summed E-state index contributed by atoms with van der Waals surface area (Å²) in [5.41, 5.74) is 0. The minimum absolute atomic E-state index is 0.475. The molecule has 0 aromatic carbocycles. The third-order valence-electron chi connectivity index (χ3n) is 0.982. The van der Waals surface area contributed by atoms with Crippen LogP contribution in [0.3, 0.4) is 0 Å². The van der Waals surface area contributed by atoms with Crippen molar-refractivity contribution in [2.45, 2.75) is 25.9 Å². The van der Waals surface area contributed by atoms with E-state index in [-0.39, 0.29) is 0 Å². The van der Waals surface area contributed by atoms with Crippen LogP contribution in [0.1, 0.15) is 19.8 Å². The smallest absolute Gasteiger partial charge is 0.148 e. The van der Waals surface area contributed by atoms with E-state index >= 15 is 0 Å². The second kappa shape index (κ2) is 5.76. The number of unbranched alkanes of at least 4 members (excludes halogenated alkanes) is 1. The van der Waals surface area contributed by atoms with Crippen molar-refractivity contribution >= 4 is 6.29 Å². The third-order valence-corrected chi connectivity index (χ3v) is 0.982. The van der Waals surface area contributed by atoms with Crippen molar-refractivity contribution in [2.24, 2.45) is 0 Å². The minimum atomic E-state index is -0.475. The molecular formula is C7H13O2. The number of ether oxygens (including phenoxy) is 1. The molecule has 1 unspecified atom stereocenters. The molecule has 0 aliphatic carbocycles. The van der Waals surface area contributed by atoms with E-state index in [4.69, 9.17) is 4.74 Å². The van der Waals surface area contributed by atoms with Gasteiger partial charge in [0.15, 0.2) is 0 Å². The van der Waals surface area contributed by atoms with Gasteiger partial charge in [-0.15, -0.1) is 0 Å². The van der Waals surface area contributed by atoms with E-state index in [0.717, 1.165) is 12.8 Å². The third kappa shape index (κ3) is 5.50. The molecular weight excluding hydrogens is 116 g/mol. The van der Waals surface area contributed by atoms with Gasteiger partial charge < -0.3 is 9.53 Å². The number of carbonyl (C=O) groups is 1. The maximum Gasteiger partial charge on any atom is 0.148 e. The monoisotopic (exact) mass is 129 g/mol. The second-order valence-electron chi connectivity index (χ2n) is 1.90. The van der Waals surface area contributed by atoms with Gasteiger partial charge in [0.1, 0.15) is 12.4 Å². The van der Waals surface area contributed by atoms with Crippen LogP contribution in [0.15, 0.2) is 0 Å². The van der Waals surface area contributed by atoms with Crippen LogP contribution in [0.5, 0.6) is 0 Å². The number of hydrogen-bond donors (Lipinski definition) is 0. The lowest BCUT2D eigenvalue weighted by Crippen LogP contribution is -2.10. The first-order valence-corrected chi connectivity index (χ1v) is 3.21. The zero-order valence-electron chi connectivity index (χ0n) is 5.80. The van der Waals surface area contributed by atoms with Crippen molar-refractivity contribution < 1.29 is 9.53 Å². The SMILES string of the molecule is [CH2]C(C=O)OCCCC. The van der Waals surface area contributed by atoms with E-state index in [1.54, 1.807) is 0 Å². The number of aldehydes is 1. The lowest BCUT2D eigenvalue weighted by molar-refractivity contribution is -0.115. The van der Waals surface area contributed by atoms with Crippen molar-refractivity contribution in [1.82, 2.24) is 0 Å². The van der Waals surface area contributed by atoms with Crippen molar-refractivity contribution in [1.29, 1.82) is 0 Å². The van der Waals surface area contributed by atoms with Crippen molar-refractivity contribution in [3.63, 3.8) is 0 Å². The average molecular weight is 129 g/mol. The Morgan fingerprint density at radius 1 is 1.78 bits per heavy atom. The van der Waals surface area contributed by atoms with Gasteiger partial charge in [0.05, 0.1) is 0 Å². The summed E-state index contributed by atoms with van der Waals surface area (Å²) < 4.78 is 4.95. The zero-order valence-corrected chi connectivity index (χ0v) is 5.80. The Kier molecular flexibility index (Phi) is 5.52.